The molecule has 5 aromatic rings. The van der Waals surface area contributed by atoms with Crippen LogP contribution in [0.3, 0.4) is 0 Å². The van der Waals surface area contributed by atoms with Crippen LogP contribution >= 0.6 is 22.9 Å². The Morgan fingerprint density at radius 3 is 2.53 bits per heavy atom. The second-order valence-electron chi connectivity index (χ2n) is 7.80. The van der Waals surface area contributed by atoms with Crippen molar-refractivity contribution in [1.82, 2.24) is 15.1 Å². The number of benzene rings is 2. The number of anilines is 1. The van der Waals surface area contributed by atoms with Gasteiger partial charge in [0, 0.05) is 11.8 Å². The van der Waals surface area contributed by atoms with Crippen LogP contribution in [0.15, 0.2) is 65.3 Å². The Morgan fingerprint density at radius 2 is 1.81 bits per heavy atom. The molecule has 0 atom stereocenters. The average Bonchev–Trinajstić information content (AvgIpc) is 3.51. The summed E-state index contributed by atoms with van der Waals surface area (Å²) in [5, 5.41) is 5.09. The van der Waals surface area contributed by atoms with Crippen molar-refractivity contribution in [1.29, 1.82) is 0 Å². The zero-order chi connectivity index (χ0) is 25.2. The smallest absolute Gasteiger partial charge is 0.266 e. The number of pyridine rings is 1. The molecule has 0 bridgehead atoms. The molecule has 0 aliphatic carbocycles. The molecule has 0 aliphatic heterocycles. The first-order valence-corrected chi connectivity index (χ1v) is 12.2. The minimum atomic E-state index is -0.341. The van der Waals surface area contributed by atoms with Gasteiger partial charge in [0.15, 0.2) is 5.13 Å². The van der Waals surface area contributed by atoms with Gasteiger partial charge in [-0.1, -0.05) is 52.4 Å². The Bertz CT molecular complexity index is 1510. The summed E-state index contributed by atoms with van der Waals surface area (Å²) in [5.74, 6) is 1.25. The molecule has 1 amide bonds. The molecule has 3 heterocycles. The fraction of sp³-hybridized carbons (Fsp3) is 0.154. The number of hydrogen-bond donors (Lipinski definition) is 0. The van der Waals surface area contributed by atoms with E-state index in [1.807, 2.05) is 36.4 Å². The van der Waals surface area contributed by atoms with Gasteiger partial charge in [-0.2, -0.15) is 0 Å². The van der Waals surface area contributed by atoms with Crippen molar-refractivity contribution >= 4 is 44.2 Å². The molecule has 0 unspecified atom stereocenters. The van der Waals surface area contributed by atoms with Crippen LogP contribution in [0.1, 0.15) is 21.8 Å². The van der Waals surface area contributed by atoms with Crippen LogP contribution in [0.4, 0.5) is 5.13 Å². The van der Waals surface area contributed by atoms with E-state index in [9.17, 15) is 4.79 Å². The molecule has 36 heavy (non-hydrogen) atoms. The lowest BCUT2D eigenvalue weighted by Crippen LogP contribution is -2.31. The summed E-state index contributed by atoms with van der Waals surface area (Å²) in [6.45, 7) is 1.88. The first kappa shape index (κ1) is 23.8. The van der Waals surface area contributed by atoms with E-state index in [0.29, 0.717) is 55.4 Å². The highest BCUT2D eigenvalue weighted by Crippen LogP contribution is 2.41. The zero-order valence-electron chi connectivity index (χ0n) is 19.7. The van der Waals surface area contributed by atoms with Gasteiger partial charge >= 0.3 is 0 Å². The van der Waals surface area contributed by atoms with Crippen LogP contribution in [0.2, 0.25) is 5.02 Å². The first-order valence-electron chi connectivity index (χ1n) is 11.0. The van der Waals surface area contributed by atoms with Gasteiger partial charge in [0.05, 0.1) is 31.5 Å². The molecule has 182 valence electrons. The maximum atomic E-state index is 14.2. The lowest BCUT2D eigenvalue weighted by atomic mass is 10.0. The van der Waals surface area contributed by atoms with E-state index >= 15 is 0 Å². The van der Waals surface area contributed by atoms with Crippen LogP contribution in [-0.2, 0) is 6.54 Å². The molecule has 0 radical (unpaired) electrons. The Hall–Kier alpha value is -3.95. The van der Waals surface area contributed by atoms with E-state index in [4.69, 9.17) is 30.6 Å². The van der Waals surface area contributed by atoms with Gasteiger partial charge in [-0.3, -0.25) is 14.7 Å². The largest absolute Gasteiger partial charge is 0.495 e. The van der Waals surface area contributed by atoms with Gasteiger partial charge in [0.2, 0.25) is 0 Å². The molecule has 0 saturated carbocycles. The summed E-state index contributed by atoms with van der Waals surface area (Å²) in [6.07, 6.45) is 1.68. The van der Waals surface area contributed by atoms with Gasteiger partial charge in [-0.05, 0) is 37.3 Å². The number of methoxy groups -OCH3 is 2. The number of thiazole rings is 1. The number of ether oxygens (including phenoxy) is 2. The van der Waals surface area contributed by atoms with Crippen molar-refractivity contribution in [3.8, 4) is 22.8 Å². The monoisotopic (exact) mass is 520 g/mol. The molecule has 0 saturated heterocycles. The molecule has 0 fully saturated rings. The molecule has 10 heteroatoms. The highest BCUT2D eigenvalue weighted by Gasteiger charge is 2.30. The second-order valence-corrected chi connectivity index (χ2v) is 9.18. The van der Waals surface area contributed by atoms with E-state index in [1.165, 1.54) is 11.3 Å². The van der Waals surface area contributed by atoms with Crippen LogP contribution < -0.4 is 14.4 Å². The number of rotatable bonds is 7. The summed E-state index contributed by atoms with van der Waals surface area (Å²) >= 11 is 7.76. The SMILES string of the molecule is COc1ccc(OC)c2sc(N(Cc3ccccn3)C(=O)c3c(-c4ccccc4Cl)noc3C)nc12. The van der Waals surface area contributed by atoms with Gasteiger partial charge in [-0.15, -0.1) is 0 Å². The number of fused-ring (bicyclic) bond motifs is 1. The number of carbonyl (C=O) groups excluding carboxylic acids is 1. The predicted octanol–water partition coefficient (Wildman–Crippen LogP) is 6.17. The van der Waals surface area contributed by atoms with E-state index in [2.05, 4.69) is 10.1 Å². The predicted molar refractivity (Wildman–Crippen MR) is 139 cm³/mol. The molecular formula is C26H21ClN4O4S. The second kappa shape index (κ2) is 9.96. The van der Waals surface area contributed by atoms with E-state index in [1.54, 1.807) is 50.4 Å². The van der Waals surface area contributed by atoms with E-state index in [0.717, 1.165) is 4.70 Å². The summed E-state index contributed by atoms with van der Waals surface area (Å²) in [7, 11) is 3.17. The Labute approximate surface area is 216 Å². The lowest BCUT2D eigenvalue weighted by molar-refractivity contribution is 0.0984. The average molecular weight is 521 g/mol. The third-order valence-electron chi connectivity index (χ3n) is 5.63. The van der Waals surface area contributed by atoms with Crippen molar-refractivity contribution in [3.63, 3.8) is 0 Å². The molecule has 8 nitrogen and oxygen atoms in total. The number of carbonyl (C=O) groups is 1. The van der Waals surface area contributed by atoms with Gasteiger partial charge < -0.3 is 14.0 Å². The fourth-order valence-electron chi connectivity index (χ4n) is 3.87. The zero-order valence-corrected chi connectivity index (χ0v) is 21.3. The summed E-state index contributed by atoms with van der Waals surface area (Å²) < 4.78 is 17.3. The summed E-state index contributed by atoms with van der Waals surface area (Å²) in [6, 6.07) is 16.3. The third-order valence-corrected chi connectivity index (χ3v) is 7.05. The van der Waals surface area contributed by atoms with Crippen LogP contribution in [-0.4, -0.2) is 35.3 Å². The minimum Gasteiger partial charge on any atom is -0.495 e. The highest BCUT2D eigenvalue weighted by atomic mass is 35.5. The highest BCUT2D eigenvalue weighted by molar-refractivity contribution is 7.22. The van der Waals surface area contributed by atoms with E-state index < -0.39 is 0 Å². The topological polar surface area (TPSA) is 90.6 Å². The van der Waals surface area contributed by atoms with Crippen LogP contribution in [0.5, 0.6) is 11.5 Å². The maximum absolute atomic E-state index is 14.2. The van der Waals surface area contributed by atoms with Crippen molar-refractivity contribution in [2.45, 2.75) is 13.5 Å². The molecular weight excluding hydrogens is 500 g/mol. The molecule has 3 aromatic heterocycles. The third kappa shape index (κ3) is 4.27. The maximum Gasteiger partial charge on any atom is 0.266 e. The Morgan fingerprint density at radius 1 is 1.06 bits per heavy atom. The van der Waals surface area contributed by atoms with Crippen molar-refractivity contribution in [2.75, 3.05) is 19.1 Å². The standard InChI is InChI=1S/C26H21ClN4O4S/c1-15-21(22(30-35-15)17-9-4-5-10-18(17)27)25(32)31(14-16-8-6-7-13-28-16)26-29-23-19(33-2)11-12-20(34-3)24(23)36-26/h4-13H,14H2,1-3H3. The lowest BCUT2D eigenvalue weighted by Gasteiger charge is -2.19. The number of aryl methyl sites for hydroxylation is 1. The van der Waals surface area contributed by atoms with Gasteiger partial charge in [-0.25, -0.2) is 4.98 Å². The van der Waals surface area contributed by atoms with Crippen molar-refractivity contribution in [2.24, 2.45) is 0 Å². The minimum absolute atomic E-state index is 0.177. The van der Waals surface area contributed by atoms with Gasteiger partial charge in [0.1, 0.15) is 38.7 Å². The molecule has 0 N–H and O–H groups in total. The fourth-order valence-corrected chi connectivity index (χ4v) is 5.16. The van der Waals surface area contributed by atoms with Crippen LogP contribution in [0.25, 0.3) is 21.5 Å². The first-order chi connectivity index (χ1) is 17.5. The van der Waals surface area contributed by atoms with Crippen molar-refractivity contribution in [3.05, 3.63) is 82.8 Å². The summed E-state index contributed by atoms with van der Waals surface area (Å²) in [4.78, 5) is 24.9. The van der Waals surface area contributed by atoms with Gasteiger partial charge in [0.25, 0.3) is 5.91 Å². The number of nitrogens with zero attached hydrogens (tertiary/aromatic N) is 4. The quantitative estimate of drug-likeness (QED) is 0.253. The van der Waals surface area contributed by atoms with Crippen LogP contribution in [0, 0.1) is 6.92 Å². The molecule has 5 rings (SSSR count). The molecule has 0 spiro atoms. The number of amides is 1. The number of hydrogen-bond acceptors (Lipinski definition) is 8. The Kier molecular flexibility index (Phi) is 6.58. The van der Waals surface area contributed by atoms with Crippen molar-refractivity contribution < 1.29 is 18.8 Å². The summed E-state index contributed by atoms with van der Waals surface area (Å²) in [5.41, 5.74) is 2.56. The molecule has 0 aliphatic rings. The van der Waals surface area contributed by atoms with E-state index in [-0.39, 0.29) is 12.5 Å². The number of halogens is 1. The normalized spacial score (nSPS) is 11.0. The Balaban J connectivity index is 1.67. The molecule has 2 aromatic carbocycles. The number of aromatic nitrogens is 3.